The van der Waals surface area contributed by atoms with Crippen molar-refractivity contribution in [2.24, 2.45) is 5.92 Å². The monoisotopic (exact) mass is 199 g/mol. The second kappa shape index (κ2) is 7.56. The summed E-state index contributed by atoms with van der Waals surface area (Å²) in [5.41, 5.74) is 0. The van der Waals surface area contributed by atoms with Crippen LogP contribution in [0, 0.1) is 5.92 Å². The first-order valence-electron chi connectivity index (χ1n) is 5.15. The SMILES string of the molecule is C=CCN(CC(=O)O)CC(C)CCC. The van der Waals surface area contributed by atoms with Crippen LogP contribution in [0.5, 0.6) is 0 Å². The fraction of sp³-hybridized carbons (Fsp3) is 0.727. The van der Waals surface area contributed by atoms with Gasteiger partial charge in [-0.3, -0.25) is 9.69 Å². The van der Waals surface area contributed by atoms with E-state index in [1.807, 2.05) is 4.90 Å². The molecule has 0 aliphatic rings. The Bertz CT molecular complexity index is 180. The molecule has 1 N–H and O–H groups in total. The van der Waals surface area contributed by atoms with Crippen molar-refractivity contribution >= 4 is 5.97 Å². The molecule has 14 heavy (non-hydrogen) atoms. The molecule has 3 heteroatoms. The first-order chi connectivity index (χ1) is 6.60. The van der Waals surface area contributed by atoms with E-state index in [-0.39, 0.29) is 6.54 Å². The van der Waals surface area contributed by atoms with Crippen LogP contribution >= 0.6 is 0 Å². The Hall–Kier alpha value is -0.830. The van der Waals surface area contributed by atoms with Crippen LogP contribution in [-0.2, 0) is 4.79 Å². The topological polar surface area (TPSA) is 40.5 Å². The van der Waals surface area contributed by atoms with Crippen LogP contribution in [0.15, 0.2) is 12.7 Å². The van der Waals surface area contributed by atoms with E-state index in [9.17, 15) is 4.79 Å². The summed E-state index contributed by atoms with van der Waals surface area (Å²) in [6, 6.07) is 0. The highest BCUT2D eigenvalue weighted by molar-refractivity contribution is 5.69. The molecule has 0 radical (unpaired) electrons. The molecule has 1 unspecified atom stereocenters. The van der Waals surface area contributed by atoms with Crippen LogP contribution in [0.4, 0.5) is 0 Å². The largest absolute Gasteiger partial charge is 0.480 e. The Labute approximate surface area is 86.4 Å². The molecule has 1 atom stereocenters. The van der Waals surface area contributed by atoms with E-state index in [2.05, 4.69) is 20.4 Å². The summed E-state index contributed by atoms with van der Waals surface area (Å²) in [5, 5.41) is 8.68. The molecule has 3 nitrogen and oxygen atoms in total. The average Bonchev–Trinajstić information content (AvgIpc) is 2.03. The van der Waals surface area contributed by atoms with Gasteiger partial charge >= 0.3 is 5.97 Å². The van der Waals surface area contributed by atoms with Crippen LogP contribution in [0.3, 0.4) is 0 Å². The van der Waals surface area contributed by atoms with Crippen LogP contribution < -0.4 is 0 Å². The predicted octanol–water partition coefficient (Wildman–Crippen LogP) is 2.00. The van der Waals surface area contributed by atoms with Crippen molar-refractivity contribution in [2.45, 2.75) is 26.7 Å². The van der Waals surface area contributed by atoms with Crippen molar-refractivity contribution in [2.75, 3.05) is 19.6 Å². The molecule has 0 saturated heterocycles. The highest BCUT2D eigenvalue weighted by Crippen LogP contribution is 2.07. The third kappa shape index (κ3) is 6.66. The Morgan fingerprint density at radius 2 is 2.29 bits per heavy atom. The lowest BCUT2D eigenvalue weighted by molar-refractivity contribution is -0.138. The fourth-order valence-corrected chi connectivity index (χ4v) is 1.60. The third-order valence-electron chi connectivity index (χ3n) is 2.10. The summed E-state index contributed by atoms with van der Waals surface area (Å²) in [6.07, 6.45) is 4.05. The molecular formula is C11H21NO2. The van der Waals surface area contributed by atoms with Gasteiger partial charge in [0.05, 0.1) is 6.54 Å². The second-order valence-electron chi connectivity index (χ2n) is 3.77. The maximum Gasteiger partial charge on any atom is 0.317 e. The first kappa shape index (κ1) is 13.2. The lowest BCUT2D eigenvalue weighted by Crippen LogP contribution is -2.33. The van der Waals surface area contributed by atoms with E-state index in [1.165, 1.54) is 0 Å². The predicted molar refractivity (Wildman–Crippen MR) is 58.3 cm³/mol. The number of carboxylic acid groups (broad SMARTS) is 1. The van der Waals surface area contributed by atoms with Gasteiger partial charge in [-0.05, 0) is 12.3 Å². The molecule has 82 valence electrons. The number of hydrogen-bond acceptors (Lipinski definition) is 2. The minimum absolute atomic E-state index is 0.111. The van der Waals surface area contributed by atoms with E-state index in [0.717, 1.165) is 19.4 Å². The van der Waals surface area contributed by atoms with Crippen molar-refractivity contribution in [3.05, 3.63) is 12.7 Å². The average molecular weight is 199 g/mol. The summed E-state index contributed by atoms with van der Waals surface area (Å²) in [7, 11) is 0. The smallest absolute Gasteiger partial charge is 0.317 e. The van der Waals surface area contributed by atoms with E-state index >= 15 is 0 Å². The Kier molecular flexibility index (Phi) is 7.11. The molecule has 0 saturated carbocycles. The van der Waals surface area contributed by atoms with E-state index < -0.39 is 5.97 Å². The molecule has 0 aliphatic carbocycles. The zero-order chi connectivity index (χ0) is 11.0. The normalized spacial score (nSPS) is 12.8. The Morgan fingerprint density at radius 1 is 1.64 bits per heavy atom. The maximum absolute atomic E-state index is 10.5. The van der Waals surface area contributed by atoms with Crippen molar-refractivity contribution in [1.29, 1.82) is 0 Å². The van der Waals surface area contributed by atoms with Crippen LogP contribution in [0.1, 0.15) is 26.7 Å². The second-order valence-corrected chi connectivity index (χ2v) is 3.77. The van der Waals surface area contributed by atoms with Gasteiger partial charge in [0.25, 0.3) is 0 Å². The molecule has 0 aromatic carbocycles. The summed E-state index contributed by atoms with van der Waals surface area (Å²) < 4.78 is 0. The number of hydrogen-bond donors (Lipinski definition) is 1. The molecule has 0 aromatic heterocycles. The molecule has 0 amide bonds. The molecule has 0 fully saturated rings. The highest BCUT2D eigenvalue weighted by Gasteiger charge is 2.11. The lowest BCUT2D eigenvalue weighted by Gasteiger charge is -2.22. The fourth-order valence-electron chi connectivity index (χ4n) is 1.60. The van der Waals surface area contributed by atoms with Gasteiger partial charge in [-0.15, -0.1) is 6.58 Å². The highest BCUT2D eigenvalue weighted by atomic mass is 16.4. The summed E-state index contributed by atoms with van der Waals surface area (Å²) in [5.74, 6) is -0.213. The van der Waals surface area contributed by atoms with E-state index in [0.29, 0.717) is 12.5 Å². The van der Waals surface area contributed by atoms with Gasteiger partial charge in [0.1, 0.15) is 0 Å². The number of carboxylic acids is 1. The van der Waals surface area contributed by atoms with E-state index in [4.69, 9.17) is 5.11 Å². The zero-order valence-electron chi connectivity index (χ0n) is 9.20. The molecule has 0 aromatic rings. The minimum Gasteiger partial charge on any atom is -0.480 e. The third-order valence-corrected chi connectivity index (χ3v) is 2.10. The summed E-state index contributed by atoms with van der Waals surface area (Å²) in [6.45, 7) is 9.53. The van der Waals surface area contributed by atoms with Crippen molar-refractivity contribution in [3.63, 3.8) is 0 Å². The number of rotatable bonds is 8. The van der Waals surface area contributed by atoms with Crippen molar-refractivity contribution < 1.29 is 9.90 Å². The lowest BCUT2D eigenvalue weighted by atomic mass is 10.1. The molecule has 0 rings (SSSR count). The molecule has 0 bridgehead atoms. The zero-order valence-corrected chi connectivity index (χ0v) is 9.20. The quantitative estimate of drug-likeness (QED) is 0.608. The minimum atomic E-state index is -0.768. The molecule has 0 heterocycles. The molecule has 0 aliphatic heterocycles. The van der Waals surface area contributed by atoms with Gasteiger partial charge < -0.3 is 5.11 Å². The first-order valence-corrected chi connectivity index (χ1v) is 5.15. The van der Waals surface area contributed by atoms with Crippen LogP contribution in [-0.4, -0.2) is 35.6 Å². The van der Waals surface area contributed by atoms with Gasteiger partial charge in [0.15, 0.2) is 0 Å². The summed E-state index contributed by atoms with van der Waals surface area (Å²) >= 11 is 0. The van der Waals surface area contributed by atoms with Crippen LogP contribution in [0.2, 0.25) is 0 Å². The Balaban J connectivity index is 3.93. The van der Waals surface area contributed by atoms with Gasteiger partial charge in [0.2, 0.25) is 0 Å². The Morgan fingerprint density at radius 3 is 2.71 bits per heavy atom. The molecular weight excluding hydrogens is 178 g/mol. The summed E-state index contributed by atoms with van der Waals surface area (Å²) in [4.78, 5) is 12.5. The van der Waals surface area contributed by atoms with E-state index in [1.54, 1.807) is 6.08 Å². The van der Waals surface area contributed by atoms with Crippen molar-refractivity contribution in [1.82, 2.24) is 4.90 Å². The standard InChI is InChI=1S/C11H21NO2/c1-4-6-10(3)8-12(7-5-2)9-11(13)14/h5,10H,2,4,6-9H2,1,3H3,(H,13,14). The van der Waals surface area contributed by atoms with Gasteiger partial charge in [-0.2, -0.15) is 0 Å². The number of nitrogens with zero attached hydrogens (tertiary/aromatic N) is 1. The molecule has 0 spiro atoms. The van der Waals surface area contributed by atoms with Gasteiger partial charge in [0, 0.05) is 13.1 Å². The van der Waals surface area contributed by atoms with Crippen LogP contribution in [0.25, 0.3) is 0 Å². The van der Waals surface area contributed by atoms with Gasteiger partial charge in [-0.1, -0.05) is 26.3 Å². The maximum atomic E-state index is 10.5. The number of aliphatic carboxylic acids is 1. The van der Waals surface area contributed by atoms with Gasteiger partial charge in [-0.25, -0.2) is 0 Å². The number of carbonyl (C=O) groups is 1. The van der Waals surface area contributed by atoms with Crippen molar-refractivity contribution in [3.8, 4) is 0 Å².